The van der Waals surface area contributed by atoms with Gasteiger partial charge in [-0.05, 0) is 12.5 Å². The number of hydrogen-bond donors (Lipinski definition) is 1. The van der Waals surface area contributed by atoms with Crippen molar-refractivity contribution in [2.75, 3.05) is 11.9 Å². The molecule has 0 radical (unpaired) electrons. The fourth-order valence-electron chi connectivity index (χ4n) is 2.72. The first kappa shape index (κ1) is 17.4. The summed E-state index contributed by atoms with van der Waals surface area (Å²) in [5, 5.41) is 14.3. The van der Waals surface area contributed by atoms with Gasteiger partial charge in [0.15, 0.2) is 0 Å². The molecule has 0 aliphatic heterocycles. The summed E-state index contributed by atoms with van der Waals surface area (Å²) in [7, 11) is 1.89. The van der Waals surface area contributed by atoms with Gasteiger partial charge in [0.05, 0.1) is 16.8 Å². The molecule has 3 aromatic rings. The predicted octanol–water partition coefficient (Wildman–Crippen LogP) is 4.51. The molecule has 0 atom stereocenters. The van der Waals surface area contributed by atoms with Crippen LogP contribution in [0, 0.1) is 10.1 Å². The molecule has 0 spiro atoms. The van der Waals surface area contributed by atoms with Gasteiger partial charge in [-0.2, -0.15) is 0 Å². The van der Waals surface area contributed by atoms with Gasteiger partial charge in [0, 0.05) is 31.3 Å². The van der Waals surface area contributed by atoms with Crippen molar-refractivity contribution in [3.8, 4) is 11.3 Å². The summed E-state index contributed by atoms with van der Waals surface area (Å²) in [4.78, 5) is 15.0. The highest BCUT2D eigenvalue weighted by molar-refractivity contribution is 5.64. The molecule has 1 aromatic heterocycles. The Bertz CT molecular complexity index is 945. The number of non-ortho nitro benzene ring substituents is 1. The first-order valence-corrected chi connectivity index (χ1v) is 8.27. The SMILES string of the molecule is CC(=Cc1ccccc1)CNc1ncc(-c2cccc([N+](=O)[O-])c2)n1C. The van der Waals surface area contributed by atoms with E-state index in [0.29, 0.717) is 12.5 Å². The average molecular weight is 348 g/mol. The Hall–Kier alpha value is -3.41. The number of imidazole rings is 1. The van der Waals surface area contributed by atoms with Crippen LogP contribution >= 0.6 is 0 Å². The number of aromatic nitrogens is 2. The van der Waals surface area contributed by atoms with Gasteiger partial charge in [0.1, 0.15) is 0 Å². The largest absolute Gasteiger partial charge is 0.352 e. The van der Waals surface area contributed by atoms with E-state index in [1.54, 1.807) is 18.3 Å². The zero-order valence-corrected chi connectivity index (χ0v) is 14.7. The van der Waals surface area contributed by atoms with Crippen LogP contribution in [0.3, 0.4) is 0 Å². The van der Waals surface area contributed by atoms with Crippen LogP contribution in [0.5, 0.6) is 0 Å². The standard InChI is InChI=1S/C20H20N4O2/c1-15(11-16-7-4-3-5-8-16)13-21-20-22-14-19(23(20)2)17-9-6-10-18(12-17)24(25)26/h3-12,14H,13H2,1-2H3,(H,21,22). The second-order valence-electron chi connectivity index (χ2n) is 6.09. The van der Waals surface area contributed by atoms with E-state index in [-0.39, 0.29) is 5.69 Å². The third kappa shape index (κ3) is 3.97. The number of rotatable bonds is 6. The third-order valence-corrected chi connectivity index (χ3v) is 4.08. The average Bonchev–Trinajstić information content (AvgIpc) is 3.01. The second-order valence-corrected chi connectivity index (χ2v) is 6.09. The quantitative estimate of drug-likeness (QED) is 0.525. The molecular weight excluding hydrogens is 328 g/mol. The van der Waals surface area contributed by atoms with Gasteiger partial charge in [-0.25, -0.2) is 4.98 Å². The van der Waals surface area contributed by atoms with Crippen LogP contribution in [0.1, 0.15) is 12.5 Å². The normalized spacial score (nSPS) is 11.4. The molecule has 1 heterocycles. The minimum Gasteiger partial charge on any atom is -0.352 e. The molecule has 0 aliphatic rings. The number of nitrogens with zero attached hydrogens (tertiary/aromatic N) is 3. The number of benzene rings is 2. The highest BCUT2D eigenvalue weighted by Crippen LogP contribution is 2.25. The Morgan fingerprint density at radius 1 is 1.23 bits per heavy atom. The lowest BCUT2D eigenvalue weighted by atomic mass is 10.1. The van der Waals surface area contributed by atoms with E-state index in [1.807, 2.05) is 35.9 Å². The molecule has 6 heteroatoms. The van der Waals surface area contributed by atoms with Crippen molar-refractivity contribution in [3.63, 3.8) is 0 Å². The Morgan fingerprint density at radius 2 is 2.00 bits per heavy atom. The Kier molecular flexibility index (Phi) is 5.12. The summed E-state index contributed by atoms with van der Waals surface area (Å²) in [6.07, 6.45) is 3.84. The fourth-order valence-corrected chi connectivity index (χ4v) is 2.72. The highest BCUT2D eigenvalue weighted by Gasteiger charge is 2.12. The summed E-state index contributed by atoms with van der Waals surface area (Å²) in [6.45, 7) is 2.72. The lowest BCUT2D eigenvalue weighted by Gasteiger charge is -2.09. The zero-order valence-electron chi connectivity index (χ0n) is 14.7. The number of hydrogen-bond acceptors (Lipinski definition) is 4. The second kappa shape index (κ2) is 7.65. The summed E-state index contributed by atoms with van der Waals surface area (Å²) in [6, 6.07) is 16.7. The lowest BCUT2D eigenvalue weighted by Crippen LogP contribution is -2.08. The molecule has 0 fully saturated rings. The Labute approximate surface area is 152 Å². The van der Waals surface area contributed by atoms with Gasteiger partial charge in [0.2, 0.25) is 5.95 Å². The molecule has 0 saturated carbocycles. The van der Waals surface area contributed by atoms with E-state index in [0.717, 1.165) is 16.8 Å². The fraction of sp³-hybridized carbons (Fsp3) is 0.150. The summed E-state index contributed by atoms with van der Waals surface area (Å²) in [5.74, 6) is 0.715. The van der Waals surface area contributed by atoms with Crippen LogP contribution in [0.15, 0.2) is 66.4 Å². The molecule has 2 aromatic carbocycles. The van der Waals surface area contributed by atoms with E-state index in [9.17, 15) is 10.1 Å². The molecule has 0 amide bonds. The van der Waals surface area contributed by atoms with Crippen molar-refractivity contribution < 1.29 is 4.92 Å². The molecular formula is C20H20N4O2. The van der Waals surface area contributed by atoms with Crippen LogP contribution in [0.4, 0.5) is 11.6 Å². The topological polar surface area (TPSA) is 73.0 Å². The molecule has 0 bridgehead atoms. The van der Waals surface area contributed by atoms with E-state index < -0.39 is 4.92 Å². The predicted molar refractivity (Wildman–Crippen MR) is 104 cm³/mol. The first-order valence-electron chi connectivity index (χ1n) is 8.27. The van der Waals surface area contributed by atoms with Crippen LogP contribution < -0.4 is 5.32 Å². The number of nitrogens with one attached hydrogen (secondary N) is 1. The maximum atomic E-state index is 11.0. The van der Waals surface area contributed by atoms with Crippen LogP contribution in [0.2, 0.25) is 0 Å². The maximum absolute atomic E-state index is 11.0. The van der Waals surface area contributed by atoms with Gasteiger partial charge in [-0.1, -0.05) is 54.1 Å². The first-order chi connectivity index (χ1) is 12.5. The van der Waals surface area contributed by atoms with E-state index in [2.05, 4.69) is 35.4 Å². The molecule has 1 N–H and O–H groups in total. The van der Waals surface area contributed by atoms with Crippen LogP contribution in [0.25, 0.3) is 17.3 Å². The van der Waals surface area contributed by atoms with E-state index in [4.69, 9.17) is 0 Å². The molecule has 6 nitrogen and oxygen atoms in total. The minimum atomic E-state index is -0.392. The van der Waals surface area contributed by atoms with Gasteiger partial charge < -0.3 is 9.88 Å². The van der Waals surface area contributed by atoms with Gasteiger partial charge >= 0.3 is 0 Å². The maximum Gasteiger partial charge on any atom is 0.270 e. The molecule has 3 rings (SSSR count). The van der Waals surface area contributed by atoms with Crippen LogP contribution in [-0.2, 0) is 7.05 Å². The molecule has 132 valence electrons. The van der Waals surface area contributed by atoms with Gasteiger partial charge in [-0.3, -0.25) is 10.1 Å². The highest BCUT2D eigenvalue weighted by atomic mass is 16.6. The van der Waals surface area contributed by atoms with E-state index in [1.165, 1.54) is 11.6 Å². The molecule has 0 unspecified atom stereocenters. The van der Waals surface area contributed by atoms with E-state index >= 15 is 0 Å². The Morgan fingerprint density at radius 3 is 2.73 bits per heavy atom. The number of anilines is 1. The van der Waals surface area contributed by atoms with Gasteiger partial charge in [-0.15, -0.1) is 0 Å². The van der Waals surface area contributed by atoms with Crippen molar-refractivity contribution in [2.45, 2.75) is 6.92 Å². The molecule has 0 saturated heterocycles. The molecule has 0 aliphatic carbocycles. The van der Waals surface area contributed by atoms with Crippen LogP contribution in [-0.4, -0.2) is 21.0 Å². The lowest BCUT2D eigenvalue weighted by molar-refractivity contribution is -0.384. The van der Waals surface area contributed by atoms with Crippen molar-refractivity contribution in [3.05, 3.63) is 82.0 Å². The van der Waals surface area contributed by atoms with Crippen molar-refractivity contribution in [1.29, 1.82) is 0 Å². The molecule has 26 heavy (non-hydrogen) atoms. The monoisotopic (exact) mass is 348 g/mol. The Balaban J connectivity index is 1.74. The third-order valence-electron chi connectivity index (χ3n) is 4.08. The summed E-state index contributed by atoms with van der Waals surface area (Å²) in [5.41, 5.74) is 3.99. The van der Waals surface area contributed by atoms with Gasteiger partial charge in [0.25, 0.3) is 5.69 Å². The minimum absolute atomic E-state index is 0.0693. The smallest absolute Gasteiger partial charge is 0.270 e. The van der Waals surface area contributed by atoms with Crippen molar-refractivity contribution in [1.82, 2.24) is 9.55 Å². The zero-order chi connectivity index (χ0) is 18.5. The number of nitro benzene ring substituents is 1. The summed E-state index contributed by atoms with van der Waals surface area (Å²) >= 11 is 0. The summed E-state index contributed by atoms with van der Waals surface area (Å²) < 4.78 is 1.90. The van der Waals surface area contributed by atoms with Crippen molar-refractivity contribution >= 4 is 17.7 Å². The van der Waals surface area contributed by atoms with Crippen molar-refractivity contribution in [2.24, 2.45) is 7.05 Å². The number of nitro groups is 1.